The summed E-state index contributed by atoms with van der Waals surface area (Å²) in [6, 6.07) is 0.927. The predicted octanol–water partition coefficient (Wildman–Crippen LogP) is 1.78. The second-order valence-electron chi connectivity index (χ2n) is 3.86. The van der Waals surface area contributed by atoms with Gasteiger partial charge in [-0.05, 0) is 37.6 Å². The Morgan fingerprint density at radius 1 is 1.40 bits per heavy atom. The zero-order valence-electron chi connectivity index (χ0n) is 6.77. The van der Waals surface area contributed by atoms with Crippen molar-refractivity contribution in [1.82, 2.24) is 5.32 Å². The van der Waals surface area contributed by atoms with E-state index in [1.165, 1.54) is 32.2 Å². The molecule has 1 saturated heterocycles. The van der Waals surface area contributed by atoms with Gasteiger partial charge in [-0.15, -0.1) is 0 Å². The van der Waals surface area contributed by atoms with Gasteiger partial charge in [0.2, 0.25) is 0 Å². The molecule has 0 aromatic heterocycles. The van der Waals surface area contributed by atoms with Gasteiger partial charge in [-0.2, -0.15) is 0 Å². The lowest BCUT2D eigenvalue weighted by Crippen LogP contribution is -2.17. The Kier molecular flexibility index (Phi) is 1.69. The summed E-state index contributed by atoms with van der Waals surface area (Å²) in [5.41, 5.74) is 0. The zero-order chi connectivity index (χ0) is 6.97. The third-order valence-corrected chi connectivity index (χ3v) is 3.10. The molecule has 1 aliphatic carbocycles. The molecule has 58 valence electrons. The normalized spacial score (nSPS) is 45.9. The van der Waals surface area contributed by atoms with Crippen LogP contribution in [-0.2, 0) is 0 Å². The van der Waals surface area contributed by atoms with E-state index < -0.39 is 0 Å². The highest BCUT2D eigenvalue weighted by molar-refractivity contribution is 4.96. The van der Waals surface area contributed by atoms with E-state index in [2.05, 4.69) is 12.2 Å². The average molecular weight is 139 g/mol. The second kappa shape index (κ2) is 2.54. The van der Waals surface area contributed by atoms with E-state index in [1.54, 1.807) is 0 Å². The van der Waals surface area contributed by atoms with Crippen LogP contribution in [-0.4, -0.2) is 12.6 Å². The van der Waals surface area contributed by atoms with Crippen LogP contribution < -0.4 is 5.32 Å². The van der Waals surface area contributed by atoms with E-state index in [9.17, 15) is 0 Å². The third-order valence-electron chi connectivity index (χ3n) is 3.10. The third kappa shape index (κ3) is 1.20. The van der Waals surface area contributed by atoms with Gasteiger partial charge in [-0.25, -0.2) is 0 Å². The lowest BCUT2D eigenvalue weighted by molar-refractivity contribution is 0.431. The maximum atomic E-state index is 3.58. The molecule has 0 radical (unpaired) electrons. The Labute approximate surface area is 63.2 Å². The smallest absolute Gasteiger partial charge is 0.00992 e. The molecule has 1 nitrogen and oxygen atoms in total. The Hall–Kier alpha value is -0.0400. The van der Waals surface area contributed by atoms with Crippen LogP contribution in [0.1, 0.15) is 32.6 Å². The first-order chi connectivity index (χ1) is 4.90. The van der Waals surface area contributed by atoms with E-state index >= 15 is 0 Å². The molecule has 0 amide bonds. The van der Waals surface area contributed by atoms with Crippen molar-refractivity contribution in [2.75, 3.05) is 6.54 Å². The predicted molar refractivity (Wildman–Crippen MR) is 42.9 cm³/mol. The molecule has 0 bridgehead atoms. The molecule has 1 N–H and O–H groups in total. The first kappa shape index (κ1) is 6.66. The van der Waals surface area contributed by atoms with Crippen LogP contribution in [0.2, 0.25) is 0 Å². The van der Waals surface area contributed by atoms with Crippen LogP contribution in [0, 0.1) is 11.8 Å². The summed E-state index contributed by atoms with van der Waals surface area (Å²) >= 11 is 0. The van der Waals surface area contributed by atoms with E-state index in [0.717, 1.165) is 17.9 Å². The van der Waals surface area contributed by atoms with E-state index in [4.69, 9.17) is 0 Å². The number of hydrogen-bond acceptors (Lipinski definition) is 1. The average Bonchev–Trinajstić information content (AvgIpc) is 2.61. The monoisotopic (exact) mass is 139 g/mol. The van der Waals surface area contributed by atoms with Crippen LogP contribution >= 0.6 is 0 Å². The summed E-state index contributed by atoms with van der Waals surface area (Å²) in [6.07, 6.45) is 5.79. The molecular weight excluding hydrogens is 122 g/mol. The Bertz CT molecular complexity index is 122. The molecule has 10 heavy (non-hydrogen) atoms. The Balaban J connectivity index is 1.88. The minimum Gasteiger partial charge on any atom is -0.314 e. The molecule has 0 spiro atoms. The number of fused-ring (bicyclic) bond motifs is 1. The quantitative estimate of drug-likeness (QED) is 0.584. The zero-order valence-corrected chi connectivity index (χ0v) is 6.77. The summed E-state index contributed by atoms with van der Waals surface area (Å²) in [6.45, 7) is 3.60. The molecular formula is C9H17N. The number of hydrogen-bond donors (Lipinski definition) is 1. The highest BCUT2D eigenvalue weighted by atomic mass is 15.0. The molecule has 0 aromatic carbocycles. The minimum absolute atomic E-state index is 0.927. The molecule has 1 heteroatoms. The van der Waals surface area contributed by atoms with Crippen molar-refractivity contribution in [3.63, 3.8) is 0 Å². The summed E-state index contributed by atoms with van der Waals surface area (Å²) in [4.78, 5) is 0. The van der Waals surface area contributed by atoms with Crippen LogP contribution in [0.15, 0.2) is 0 Å². The van der Waals surface area contributed by atoms with Crippen LogP contribution in [0.3, 0.4) is 0 Å². The van der Waals surface area contributed by atoms with Gasteiger partial charge >= 0.3 is 0 Å². The summed E-state index contributed by atoms with van der Waals surface area (Å²) in [5.74, 6) is 2.09. The summed E-state index contributed by atoms with van der Waals surface area (Å²) in [5, 5.41) is 3.58. The molecule has 0 aromatic rings. The molecule has 3 unspecified atom stereocenters. The molecule has 3 atom stereocenters. The SMILES string of the molecule is CCC1CCNC2CC2C1. The van der Waals surface area contributed by atoms with E-state index in [1.807, 2.05) is 0 Å². The lowest BCUT2D eigenvalue weighted by Gasteiger charge is -2.10. The maximum absolute atomic E-state index is 3.58. The lowest BCUT2D eigenvalue weighted by atomic mass is 9.97. The number of nitrogens with one attached hydrogen (secondary N) is 1. The molecule has 1 heterocycles. The van der Waals surface area contributed by atoms with Gasteiger partial charge in [0, 0.05) is 6.04 Å². The topological polar surface area (TPSA) is 12.0 Å². The molecule has 2 aliphatic rings. The summed E-state index contributed by atoms with van der Waals surface area (Å²) < 4.78 is 0. The van der Waals surface area contributed by atoms with Gasteiger partial charge in [-0.3, -0.25) is 0 Å². The van der Waals surface area contributed by atoms with E-state index in [-0.39, 0.29) is 0 Å². The summed E-state index contributed by atoms with van der Waals surface area (Å²) in [7, 11) is 0. The van der Waals surface area contributed by atoms with Gasteiger partial charge in [0.1, 0.15) is 0 Å². The van der Waals surface area contributed by atoms with Crippen molar-refractivity contribution in [1.29, 1.82) is 0 Å². The highest BCUT2D eigenvalue weighted by Gasteiger charge is 2.39. The standard InChI is InChI=1S/C9H17N/c1-2-7-3-4-10-9-6-8(9)5-7/h7-10H,2-6H2,1H3. The van der Waals surface area contributed by atoms with Gasteiger partial charge in [0.25, 0.3) is 0 Å². The van der Waals surface area contributed by atoms with Crippen molar-refractivity contribution in [2.45, 2.75) is 38.6 Å². The minimum atomic E-state index is 0.927. The van der Waals surface area contributed by atoms with Gasteiger partial charge < -0.3 is 5.32 Å². The van der Waals surface area contributed by atoms with Crippen molar-refractivity contribution < 1.29 is 0 Å². The van der Waals surface area contributed by atoms with Gasteiger partial charge in [0.05, 0.1) is 0 Å². The molecule has 2 rings (SSSR count). The van der Waals surface area contributed by atoms with Crippen molar-refractivity contribution >= 4 is 0 Å². The van der Waals surface area contributed by atoms with Crippen molar-refractivity contribution in [3.05, 3.63) is 0 Å². The Morgan fingerprint density at radius 3 is 3.10 bits per heavy atom. The van der Waals surface area contributed by atoms with Crippen molar-refractivity contribution in [2.24, 2.45) is 11.8 Å². The fourth-order valence-corrected chi connectivity index (χ4v) is 2.15. The fourth-order valence-electron chi connectivity index (χ4n) is 2.15. The maximum Gasteiger partial charge on any atom is 0.00992 e. The largest absolute Gasteiger partial charge is 0.314 e. The highest BCUT2D eigenvalue weighted by Crippen LogP contribution is 2.39. The molecule has 2 fully saturated rings. The first-order valence-corrected chi connectivity index (χ1v) is 4.63. The molecule has 1 saturated carbocycles. The first-order valence-electron chi connectivity index (χ1n) is 4.63. The molecule has 1 aliphatic heterocycles. The van der Waals surface area contributed by atoms with Gasteiger partial charge in [-0.1, -0.05) is 13.3 Å². The van der Waals surface area contributed by atoms with Crippen LogP contribution in [0.4, 0.5) is 0 Å². The fraction of sp³-hybridized carbons (Fsp3) is 1.00. The van der Waals surface area contributed by atoms with Crippen LogP contribution in [0.5, 0.6) is 0 Å². The van der Waals surface area contributed by atoms with Crippen LogP contribution in [0.25, 0.3) is 0 Å². The number of rotatable bonds is 1. The second-order valence-corrected chi connectivity index (χ2v) is 3.86. The van der Waals surface area contributed by atoms with Crippen molar-refractivity contribution in [3.8, 4) is 0 Å². The Morgan fingerprint density at radius 2 is 2.30 bits per heavy atom. The van der Waals surface area contributed by atoms with E-state index in [0.29, 0.717) is 0 Å². The van der Waals surface area contributed by atoms with Gasteiger partial charge in [0.15, 0.2) is 0 Å².